The number of benzene rings is 5. The number of nitrogens with zero attached hydrogens (tertiary/aromatic N) is 3. The van der Waals surface area contributed by atoms with Crippen molar-refractivity contribution in [2.75, 3.05) is 0 Å². The average Bonchev–Trinajstić information content (AvgIpc) is 3.35. The summed E-state index contributed by atoms with van der Waals surface area (Å²) >= 11 is 0. The van der Waals surface area contributed by atoms with Crippen LogP contribution >= 0.6 is 0 Å². The van der Waals surface area contributed by atoms with Gasteiger partial charge in [0.15, 0.2) is 17.5 Å². The van der Waals surface area contributed by atoms with E-state index in [2.05, 4.69) is 115 Å². The Hall–Kier alpha value is -4.89. The molecule has 0 unspecified atom stereocenters. The van der Waals surface area contributed by atoms with Crippen molar-refractivity contribution in [1.29, 1.82) is 0 Å². The van der Waals surface area contributed by atoms with Crippen LogP contribution in [0.2, 0.25) is 0 Å². The fourth-order valence-corrected chi connectivity index (χ4v) is 11.4. The lowest BCUT2D eigenvalue weighted by molar-refractivity contribution is 0.435. The van der Waals surface area contributed by atoms with Gasteiger partial charge in [-0.2, -0.15) is 0 Å². The molecule has 0 N–H and O–H groups in total. The Labute approximate surface area is 359 Å². The first-order valence-corrected chi connectivity index (χ1v) is 24.0. The molecule has 10 rings (SSSR count). The van der Waals surface area contributed by atoms with E-state index in [1.165, 1.54) is 162 Å². The van der Waals surface area contributed by atoms with Crippen LogP contribution < -0.4 is 0 Å². The molecule has 3 nitrogen and oxygen atoms in total. The summed E-state index contributed by atoms with van der Waals surface area (Å²) in [7, 11) is 0. The van der Waals surface area contributed by atoms with E-state index in [9.17, 15) is 0 Å². The van der Waals surface area contributed by atoms with Gasteiger partial charge in [-0.25, -0.2) is 15.0 Å². The van der Waals surface area contributed by atoms with Crippen LogP contribution in [-0.2, 0) is 0 Å². The monoisotopic (exact) mass is 790 g/mol. The van der Waals surface area contributed by atoms with Crippen molar-refractivity contribution < 1.29 is 0 Å². The normalized spacial score (nSPS) is 18.7. The molecule has 4 saturated carbocycles. The van der Waals surface area contributed by atoms with Crippen LogP contribution in [-0.4, -0.2) is 15.0 Å². The third kappa shape index (κ3) is 8.93. The predicted octanol–water partition coefficient (Wildman–Crippen LogP) is 16.4. The van der Waals surface area contributed by atoms with E-state index in [-0.39, 0.29) is 0 Å². The van der Waals surface area contributed by atoms with Gasteiger partial charge < -0.3 is 0 Å². The Balaban J connectivity index is 1.14. The van der Waals surface area contributed by atoms with Gasteiger partial charge in [-0.3, -0.25) is 0 Å². The maximum absolute atomic E-state index is 5.26. The van der Waals surface area contributed by atoms with Crippen LogP contribution in [0.3, 0.4) is 0 Å². The highest BCUT2D eigenvalue weighted by Crippen LogP contribution is 2.44. The van der Waals surface area contributed by atoms with Gasteiger partial charge in [0.25, 0.3) is 0 Å². The van der Waals surface area contributed by atoms with Crippen LogP contribution in [0.1, 0.15) is 174 Å². The summed E-state index contributed by atoms with van der Waals surface area (Å²) in [5.74, 6) is 4.74. The fourth-order valence-electron chi connectivity index (χ4n) is 11.4. The van der Waals surface area contributed by atoms with Crippen molar-refractivity contribution in [3.63, 3.8) is 0 Å². The minimum absolute atomic E-state index is 0.549. The van der Waals surface area contributed by atoms with Crippen molar-refractivity contribution in [3.05, 3.63) is 138 Å². The van der Waals surface area contributed by atoms with Crippen LogP contribution in [0.15, 0.2) is 115 Å². The highest BCUT2D eigenvalue weighted by Gasteiger charge is 2.25. The topological polar surface area (TPSA) is 38.7 Å². The third-order valence-corrected chi connectivity index (χ3v) is 14.8. The molecule has 0 spiro atoms. The molecule has 306 valence electrons. The average molecular weight is 790 g/mol. The quantitative estimate of drug-likeness (QED) is 0.146. The van der Waals surface area contributed by atoms with Crippen molar-refractivity contribution in [2.24, 2.45) is 0 Å². The molecule has 0 radical (unpaired) electrons. The van der Waals surface area contributed by atoms with Gasteiger partial charge in [-0.15, -0.1) is 0 Å². The van der Waals surface area contributed by atoms with Crippen LogP contribution in [0.25, 0.3) is 56.4 Å². The first-order chi connectivity index (χ1) is 29.7. The first kappa shape index (κ1) is 39.3. The molecule has 60 heavy (non-hydrogen) atoms. The SMILES string of the molecule is c1ccc(-c2nc(-c3ccccc3)nc(-c3cc(-c4cc(-c5cc(C6CCCCC6)cc(C6CCCCC6)c5)cc(C5CCCCC5)c4)cc(C4CCCCC4)c3)n2)cc1. The number of hydrogen-bond acceptors (Lipinski definition) is 3. The Morgan fingerprint density at radius 1 is 0.250 bits per heavy atom. The molecular formula is C57H63N3. The lowest BCUT2D eigenvalue weighted by atomic mass is 9.77. The van der Waals surface area contributed by atoms with Crippen molar-refractivity contribution in [3.8, 4) is 56.4 Å². The summed E-state index contributed by atoms with van der Waals surface area (Å²) in [5.41, 5.74) is 14.8. The molecule has 1 heterocycles. The molecule has 0 saturated heterocycles. The van der Waals surface area contributed by atoms with Gasteiger partial charge in [-0.1, -0.05) is 174 Å². The van der Waals surface area contributed by atoms with E-state index >= 15 is 0 Å². The van der Waals surface area contributed by atoms with Gasteiger partial charge in [0.05, 0.1) is 0 Å². The molecule has 4 aliphatic carbocycles. The summed E-state index contributed by atoms with van der Waals surface area (Å²) in [6.45, 7) is 0. The maximum atomic E-state index is 5.26. The lowest BCUT2D eigenvalue weighted by Gasteiger charge is -2.27. The zero-order valence-electron chi connectivity index (χ0n) is 35.8. The second-order valence-corrected chi connectivity index (χ2v) is 19.0. The van der Waals surface area contributed by atoms with E-state index in [0.29, 0.717) is 23.7 Å². The van der Waals surface area contributed by atoms with Crippen molar-refractivity contribution >= 4 is 0 Å². The molecule has 0 atom stereocenters. The van der Waals surface area contributed by atoms with E-state index in [1.54, 1.807) is 11.1 Å². The minimum atomic E-state index is 0.549. The molecule has 3 heteroatoms. The molecular weight excluding hydrogens is 727 g/mol. The number of rotatable bonds is 9. The van der Waals surface area contributed by atoms with E-state index < -0.39 is 0 Å². The Kier molecular flexibility index (Phi) is 12.0. The molecule has 4 aliphatic rings. The van der Waals surface area contributed by atoms with Crippen LogP contribution in [0, 0.1) is 0 Å². The Morgan fingerprint density at radius 2 is 0.517 bits per heavy atom. The zero-order chi connectivity index (χ0) is 40.1. The highest BCUT2D eigenvalue weighted by molar-refractivity contribution is 5.79. The standard InChI is InChI=1S/C57H63N3/c1-7-19-40(20-8-1)46-31-47(41-21-9-2-10-22-41)33-50(32-46)51-34-48(42-23-11-3-12-24-42)35-52(37-51)53-36-49(43-25-13-4-14-26-43)38-54(39-53)57-59-55(44-27-15-5-16-28-44)58-56(60-57)45-29-17-6-18-30-45/h5-6,15-18,27-43H,1-4,7-14,19-26H2. The van der Waals surface area contributed by atoms with Gasteiger partial charge in [0, 0.05) is 16.7 Å². The molecule has 0 bridgehead atoms. The second-order valence-electron chi connectivity index (χ2n) is 19.0. The summed E-state index contributed by atoms with van der Waals surface area (Å²) < 4.78 is 0. The predicted molar refractivity (Wildman–Crippen MR) is 250 cm³/mol. The van der Waals surface area contributed by atoms with E-state index in [0.717, 1.165) is 34.2 Å². The Bertz CT molecular complexity index is 2260. The third-order valence-electron chi connectivity index (χ3n) is 14.8. The largest absolute Gasteiger partial charge is 0.208 e. The van der Waals surface area contributed by atoms with Gasteiger partial charge in [-0.05, 0) is 138 Å². The van der Waals surface area contributed by atoms with E-state index in [1.807, 2.05) is 0 Å². The first-order valence-electron chi connectivity index (χ1n) is 24.0. The van der Waals surface area contributed by atoms with Crippen molar-refractivity contribution in [2.45, 2.75) is 152 Å². The number of hydrogen-bond donors (Lipinski definition) is 0. The molecule has 0 aliphatic heterocycles. The lowest BCUT2D eigenvalue weighted by Crippen LogP contribution is -2.09. The molecule has 1 aromatic heterocycles. The van der Waals surface area contributed by atoms with Gasteiger partial charge in [0.1, 0.15) is 0 Å². The second kappa shape index (κ2) is 18.4. The minimum Gasteiger partial charge on any atom is -0.208 e. The zero-order valence-corrected chi connectivity index (χ0v) is 35.8. The Morgan fingerprint density at radius 3 is 0.867 bits per heavy atom. The van der Waals surface area contributed by atoms with Crippen LogP contribution in [0.4, 0.5) is 0 Å². The molecule has 5 aromatic carbocycles. The fraction of sp³-hybridized carbons (Fsp3) is 0.421. The van der Waals surface area contributed by atoms with Crippen molar-refractivity contribution in [1.82, 2.24) is 15.0 Å². The summed E-state index contributed by atoms with van der Waals surface area (Å²) in [5, 5.41) is 0. The van der Waals surface area contributed by atoms with Gasteiger partial charge in [0.2, 0.25) is 0 Å². The van der Waals surface area contributed by atoms with Crippen LogP contribution in [0.5, 0.6) is 0 Å². The van der Waals surface area contributed by atoms with E-state index in [4.69, 9.17) is 15.0 Å². The summed E-state index contributed by atoms with van der Waals surface area (Å²) in [6, 6.07) is 43.9. The molecule has 4 fully saturated rings. The maximum Gasteiger partial charge on any atom is 0.164 e. The summed E-state index contributed by atoms with van der Waals surface area (Å²) in [6.07, 6.45) is 26.7. The smallest absolute Gasteiger partial charge is 0.164 e. The number of aromatic nitrogens is 3. The summed E-state index contributed by atoms with van der Waals surface area (Å²) in [4.78, 5) is 15.6. The highest BCUT2D eigenvalue weighted by atomic mass is 15.0. The molecule has 0 amide bonds. The molecule has 6 aromatic rings. The van der Waals surface area contributed by atoms with Gasteiger partial charge >= 0.3 is 0 Å².